The van der Waals surface area contributed by atoms with Gasteiger partial charge in [0.1, 0.15) is 17.3 Å². The van der Waals surface area contributed by atoms with Crippen molar-refractivity contribution >= 4 is 29.3 Å². The second-order valence-electron chi connectivity index (χ2n) is 9.41. The molecule has 0 radical (unpaired) electrons. The number of halogens is 1. The van der Waals surface area contributed by atoms with Crippen molar-refractivity contribution in [3.8, 4) is 11.5 Å². The Kier molecular flexibility index (Phi) is 9.12. The normalized spacial score (nSPS) is 14.4. The van der Waals surface area contributed by atoms with Gasteiger partial charge in [-0.3, -0.25) is 9.59 Å². The zero-order valence-corrected chi connectivity index (χ0v) is 23.9. The molecule has 0 unspecified atom stereocenters. The molecule has 1 N–H and O–H groups in total. The third-order valence-corrected chi connectivity index (χ3v) is 7.66. The van der Waals surface area contributed by atoms with Gasteiger partial charge in [0.15, 0.2) is 17.6 Å². The molecule has 0 saturated carbocycles. The summed E-state index contributed by atoms with van der Waals surface area (Å²) in [5, 5.41) is 17.8. The third-order valence-electron chi connectivity index (χ3n) is 6.65. The average Bonchev–Trinajstić information content (AvgIpc) is 3.62. The number of para-hydroxylation sites is 1. The van der Waals surface area contributed by atoms with Crippen molar-refractivity contribution in [3.05, 3.63) is 102 Å². The fourth-order valence-electron chi connectivity index (χ4n) is 4.35. The highest BCUT2D eigenvalue weighted by Gasteiger charge is 2.33. The van der Waals surface area contributed by atoms with Crippen LogP contribution in [0, 0.1) is 5.82 Å². The maximum Gasteiger partial charge on any atom is 0.258 e. The van der Waals surface area contributed by atoms with Crippen LogP contribution >= 0.6 is 11.8 Å². The van der Waals surface area contributed by atoms with Gasteiger partial charge in [-0.05, 0) is 59.7 Å². The first-order chi connectivity index (χ1) is 20.4. The fourth-order valence-corrected chi connectivity index (χ4v) is 5.14. The highest BCUT2D eigenvalue weighted by Crippen LogP contribution is 2.34. The Morgan fingerprint density at radius 3 is 2.45 bits per heavy atom. The molecule has 1 aromatic heterocycles. The van der Waals surface area contributed by atoms with Crippen LogP contribution in [0.3, 0.4) is 0 Å². The SMILES string of the molecule is COc1ccc(C2=NN(C(=O)CSc3nnc(CNC(=O)COc4ccccc4)n3C)[C@@H](c3ccc(F)cc3)C2)cc1. The van der Waals surface area contributed by atoms with Crippen molar-refractivity contribution in [3.63, 3.8) is 0 Å². The molecule has 1 aliphatic heterocycles. The smallest absolute Gasteiger partial charge is 0.258 e. The highest BCUT2D eigenvalue weighted by atomic mass is 32.2. The van der Waals surface area contributed by atoms with E-state index in [1.54, 1.807) is 43.0 Å². The highest BCUT2D eigenvalue weighted by molar-refractivity contribution is 7.99. The van der Waals surface area contributed by atoms with Gasteiger partial charge in [-0.25, -0.2) is 9.40 Å². The number of nitrogens with zero attached hydrogens (tertiary/aromatic N) is 5. The van der Waals surface area contributed by atoms with E-state index in [4.69, 9.17) is 9.47 Å². The zero-order chi connectivity index (χ0) is 29.5. The van der Waals surface area contributed by atoms with E-state index in [2.05, 4.69) is 20.6 Å². The van der Waals surface area contributed by atoms with Crippen LogP contribution in [-0.2, 0) is 23.2 Å². The maximum atomic E-state index is 13.6. The van der Waals surface area contributed by atoms with Crippen molar-refractivity contribution in [2.75, 3.05) is 19.5 Å². The molecule has 5 rings (SSSR count). The second-order valence-corrected chi connectivity index (χ2v) is 10.4. The average molecular weight is 589 g/mol. The lowest BCUT2D eigenvalue weighted by Crippen LogP contribution is -2.29. The van der Waals surface area contributed by atoms with Crippen LogP contribution in [0.15, 0.2) is 89.1 Å². The Balaban J connectivity index is 1.22. The zero-order valence-electron chi connectivity index (χ0n) is 23.1. The number of nitrogens with one attached hydrogen (secondary N) is 1. The lowest BCUT2D eigenvalue weighted by Gasteiger charge is -2.22. The van der Waals surface area contributed by atoms with Crippen LogP contribution in [0.1, 0.15) is 29.4 Å². The minimum Gasteiger partial charge on any atom is -0.497 e. The first kappa shape index (κ1) is 28.8. The molecule has 2 heterocycles. The van der Waals surface area contributed by atoms with E-state index in [0.29, 0.717) is 23.2 Å². The van der Waals surface area contributed by atoms with Crippen LogP contribution in [0.5, 0.6) is 11.5 Å². The molecule has 4 aromatic rings. The molecule has 0 fully saturated rings. The molecular weight excluding hydrogens is 559 g/mol. The quantitative estimate of drug-likeness (QED) is 0.262. The van der Waals surface area contributed by atoms with Crippen LogP contribution in [0.2, 0.25) is 0 Å². The molecule has 12 heteroatoms. The number of rotatable bonds is 11. The molecule has 2 amide bonds. The molecule has 3 aromatic carbocycles. The van der Waals surface area contributed by atoms with Gasteiger partial charge in [0.05, 0.1) is 31.2 Å². The summed E-state index contributed by atoms with van der Waals surface area (Å²) in [7, 11) is 3.37. The van der Waals surface area contributed by atoms with Crippen LogP contribution in [0.4, 0.5) is 4.39 Å². The van der Waals surface area contributed by atoms with Crippen molar-refractivity contribution in [2.45, 2.75) is 24.2 Å². The number of aromatic nitrogens is 3. The number of carbonyl (C=O) groups is 2. The molecule has 42 heavy (non-hydrogen) atoms. The summed E-state index contributed by atoms with van der Waals surface area (Å²) in [6, 6.07) is 22.3. The number of hydrogen-bond donors (Lipinski definition) is 1. The summed E-state index contributed by atoms with van der Waals surface area (Å²) >= 11 is 1.22. The molecule has 0 saturated heterocycles. The van der Waals surface area contributed by atoms with Crippen LogP contribution < -0.4 is 14.8 Å². The Hall–Kier alpha value is -4.71. The molecule has 0 aliphatic carbocycles. The van der Waals surface area contributed by atoms with Gasteiger partial charge in [-0.15, -0.1) is 10.2 Å². The standard InChI is InChI=1S/C30H29FN6O4S/c1-36-27(17-32-28(38)18-41-24-6-4-3-5-7-24)33-34-30(36)42-19-29(39)37-26(21-8-12-22(31)13-9-21)16-25(35-37)20-10-14-23(40-2)15-11-20/h3-15,26H,16-19H2,1-2H3,(H,32,38)/t26-/m1/s1. The van der Waals surface area contributed by atoms with E-state index in [9.17, 15) is 14.0 Å². The number of ether oxygens (including phenoxy) is 2. The molecular formula is C30H29FN6O4S. The predicted molar refractivity (Wildman–Crippen MR) is 156 cm³/mol. The minimum atomic E-state index is -0.376. The minimum absolute atomic E-state index is 0.0559. The third kappa shape index (κ3) is 6.95. The number of methoxy groups -OCH3 is 1. The van der Waals surface area contributed by atoms with E-state index >= 15 is 0 Å². The number of benzene rings is 3. The lowest BCUT2D eigenvalue weighted by atomic mass is 9.98. The number of hydrogen-bond acceptors (Lipinski definition) is 8. The van der Waals surface area contributed by atoms with Crippen molar-refractivity contribution < 1.29 is 23.5 Å². The van der Waals surface area contributed by atoms with Crippen LogP contribution in [0.25, 0.3) is 0 Å². The first-order valence-corrected chi connectivity index (χ1v) is 14.1. The topological polar surface area (TPSA) is 111 Å². The van der Waals surface area contributed by atoms with Gasteiger partial charge in [-0.2, -0.15) is 5.10 Å². The number of carbonyl (C=O) groups excluding carboxylic acids is 2. The van der Waals surface area contributed by atoms with E-state index in [0.717, 1.165) is 22.6 Å². The first-order valence-electron chi connectivity index (χ1n) is 13.2. The Morgan fingerprint density at radius 1 is 1.00 bits per heavy atom. The Bertz CT molecular complexity index is 1560. The lowest BCUT2D eigenvalue weighted by molar-refractivity contribution is -0.130. The molecule has 1 atom stereocenters. The van der Waals surface area contributed by atoms with E-state index in [1.165, 1.54) is 28.9 Å². The molecule has 0 spiro atoms. The van der Waals surface area contributed by atoms with E-state index in [1.807, 2.05) is 42.5 Å². The summed E-state index contributed by atoms with van der Waals surface area (Å²) in [5.41, 5.74) is 2.41. The predicted octanol–water partition coefficient (Wildman–Crippen LogP) is 4.13. The van der Waals surface area contributed by atoms with Crippen molar-refractivity contribution in [1.29, 1.82) is 0 Å². The summed E-state index contributed by atoms with van der Waals surface area (Å²) in [6.07, 6.45) is 0.482. The van der Waals surface area contributed by atoms with E-state index < -0.39 is 0 Å². The molecule has 1 aliphatic rings. The fraction of sp³-hybridized carbons (Fsp3) is 0.233. The summed E-state index contributed by atoms with van der Waals surface area (Å²) < 4.78 is 26.1. The Morgan fingerprint density at radius 2 is 1.74 bits per heavy atom. The second kappa shape index (κ2) is 13.3. The van der Waals surface area contributed by atoms with Gasteiger partial charge in [0.25, 0.3) is 11.8 Å². The Labute approximate surface area is 246 Å². The molecule has 0 bridgehead atoms. The summed E-state index contributed by atoms with van der Waals surface area (Å²) in [5.74, 6) is 1.05. The molecule has 10 nitrogen and oxygen atoms in total. The molecule has 216 valence electrons. The largest absolute Gasteiger partial charge is 0.497 e. The summed E-state index contributed by atoms with van der Waals surface area (Å²) in [6.45, 7) is 0.0331. The number of hydrazone groups is 1. The van der Waals surface area contributed by atoms with Gasteiger partial charge < -0.3 is 19.4 Å². The number of amides is 2. The van der Waals surface area contributed by atoms with Crippen molar-refractivity contribution in [2.24, 2.45) is 12.1 Å². The maximum absolute atomic E-state index is 13.6. The van der Waals surface area contributed by atoms with Gasteiger partial charge in [0.2, 0.25) is 0 Å². The summed E-state index contributed by atoms with van der Waals surface area (Å²) in [4.78, 5) is 25.7. The van der Waals surface area contributed by atoms with Gasteiger partial charge >= 0.3 is 0 Å². The van der Waals surface area contributed by atoms with Gasteiger partial charge in [-0.1, -0.05) is 42.1 Å². The van der Waals surface area contributed by atoms with Crippen LogP contribution in [-0.4, -0.2) is 56.8 Å². The van der Waals surface area contributed by atoms with Crippen molar-refractivity contribution in [1.82, 2.24) is 25.1 Å². The number of thioether (sulfide) groups is 1. The monoisotopic (exact) mass is 588 g/mol. The van der Waals surface area contributed by atoms with Gasteiger partial charge in [0, 0.05) is 13.5 Å². The van der Waals surface area contributed by atoms with E-state index in [-0.39, 0.29) is 42.6 Å².